The Morgan fingerprint density at radius 3 is 2.62 bits per heavy atom. The molecule has 0 bridgehead atoms. The fraction of sp³-hybridized carbons (Fsp3) is 0.611. The van der Waals surface area contributed by atoms with Gasteiger partial charge in [-0.2, -0.15) is 0 Å². The number of hydrogen-bond acceptors (Lipinski definition) is 3. The largest absolute Gasteiger partial charge is 0.490 e. The molecule has 0 amide bonds. The van der Waals surface area contributed by atoms with Crippen LogP contribution in [0.1, 0.15) is 50.4 Å². The van der Waals surface area contributed by atoms with Crippen LogP contribution in [0.25, 0.3) is 0 Å². The number of benzene rings is 1. The van der Waals surface area contributed by atoms with Crippen molar-refractivity contribution in [3.8, 4) is 5.75 Å². The summed E-state index contributed by atoms with van der Waals surface area (Å²) in [5.74, 6) is 2.23. The van der Waals surface area contributed by atoms with Crippen LogP contribution >= 0.6 is 0 Å². The minimum absolute atomic E-state index is 0.0293. The van der Waals surface area contributed by atoms with Crippen molar-refractivity contribution < 1.29 is 14.3 Å². The van der Waals surface area contributed by atoms with E-state index in [1.54, 1.807) is 13.0 Å². The number of ether oxygens (including phenoxy) is 2. The zero-order valence-electron chi connectivity index (χ0n) is 13.3. The average molecular weight is 290 g/mol. The molecule has 1 aliphatic carbocycles. The molecule has 21 heavy (non-hydrogen) atoms. The Hall–Kier alpha value is -1.35. The highest BCUT2D eigenvalue weighted by molar-refractivity contribution is 5.96. The average Bonchev–Trinajstić information content (AvgIpc) is 2.47. The molecule has 3 nitrogen and oxygen atoms in total. The third kappa shape index (κ3) is 4.57. The van der Waals surface area contributed by atoms with Gasteiger partial charge in [0.15, 0.2) is 5.78 Å². The maximum absolute atomic E-state index is 11.5. The van der Waals surface area contributed by atoms with Gasteiger partial charge < -0.3 is 9.47 Å². The molecule has 1 saturated carbocycles. The standard InChI is InChI=1S/C18H26O3/c1-13-8-9-16(12-14(13)2)20-10-11-21-18-7-5-4-6-17(18)15(3)19/h4-7,13-14,16H,8-12H2,1-3H3. The van der Waals surface area contributed by atoms with Gasteiger partial charge in [0.2, 0.25) is 0 Å². The molecule has 0 N–H and O–H groups in total. The highest BCUT2D eigenvalue weighted by atomic mass is 16.5. The highest BCUT2D eigenvalue weighted by Crippen LogP contribution is 2.30. The van der Waals surface area contributed by atoms with Gasteiger partial charge in [-0.05, 0) is 50.2 Å². The van der Waals surface area contributed by atoms with Gasteiger partial charge in [0.25, 0.3) is 0 Å². The molecule has 2 rings (SSSR count). The summed E-state index contributed by atoms with van der Waals surface area (Å²) in [7, 11) is 0. The van der Waals surface area contributed by atoms with Crippen molar-refractivity contribution in [2.75, 3.05) is 13.2 Å². The Morgan fingerprint density at radius 2 is 1.90 bits per heavy atom. The van der Waals surface area contributed by atoms with Crippen LogP contribution in [0.4, 0.5) is 0 Å². The van der Waals surface area contributed by atoms with E-state index < -0.39 is 0 Å². The van der Waals surface area contributed by atoms with Gasteiger partial charge in [0, 0.05) is 0 Å². The maximum atomic E-state index is 11.5. The predicted molar refractivity (Wildman–Crippen MR) is 83.9 cm³/mol. The molecule has 1 aromatic rings. The van der Waals surface area contributed by atoms with Crippen molar-refractivity contribution in [1.82, 2.24) is 0 Å². The van der Waals surface area contributed by atoms with Crippen LogP contribution in [0.2, 0.25) is 0 Å². The molecule has 0 heterocycles. The molecule has 0 aliphatic heterocycles. The highest BCUT2D eigenvalue weighted by Gasteiger charge is 2.24. The first-order chi connectivity index (χ1) is 10.1. The van der Waals surface area contributed by atoms with E-state index in [4.69, 9.17) is 9.47 Å². The smallest absolute Gasteiger partial charge is 0.163 e. The van der Waals surface area contributed by atoms with Crippen molar-refractivity contribution in [2.24, 2.45) is 11.8 Å². The number of carbonyl (C=O) groups is 1. The van der Waals surface area contributed by atoms with Crippen molar-refractivity contribution >= 4 is 5.78 Å². The molecule has 1 aliphatic rings. The molecule has 3 atom stereocenters. The summed E-state index contributed by atoms with van der Waals surface area (Å²) in [4.78, 5) is 11.5. The summed E-state index contributed by atoms with van der Waals surface area (Å²) in [6, 6.07) is 7.36. The van der Waals surface area contributed by atoms with Crippen LogP contribution in [0.15, 0.2) is 24.3 Å². The van der Waals surface area contributed by atoms with E-state index in [0.29, 0.717) is 30.6 Å². The summed E-state index contributed by atoms with van der Waals surface area (Å²) < 4.78 is 11.6. The van der Waals surface area contributed by atoms with Crippen LogP contribution in [0, 0.1) is 11.8 Å². The fourth-order valence-corrected chi connectivity index (χ4v) is 2.90. The molecule has 0 saturated heterocycles. The van der Waals surface area contributed by atoms with Gasteiger partial charge in [0.05, 0.1) is 18.3 Å². The van der Waals surface area contributed by atoms with E-state index in [1.807, 2.05) is 18.2 Å². The van der Waals surface area contributed by atoms with Crippen LogP contribution in [0.3, 0.4) is 0 Å². The minimum Gasteiger partial charge on any atom is -0.490 e. The van der Waals surface area contributed by atoms with E-state index in [0.717, 1.165) is 24.7 Å². The maximum Gasteiger partial charge on any atom is 0.163 e. The summed E-state index contributed by atoms with van der Waals surface area (Å²) >= 11 is 0. The lowest BCUT2D eigenvalue weighted by molar-refractivity contribution is -0.00915. The molecule has 0 aromatic heterocycles. The second-order valence-corrected chi connectivity index (χ2v) is 6.16. The van der Waals surface area contributed by atoms with Crippen molar-refractivity contribution in [2.45, 2.75) is 46.1 Å². The SMILES string of the molecule is CC(=O)c1ccccc1OCCOC1CCC(C)C(C)C1. The number of hydrogen-bond donors (Lipinski definition) is 0. The summed E-state index contributed by atoms with van der Waals surface area (Å²) in [5, 5.41) is 0. The lowest BCUT2D eigenvalue weighted by atomic mass is 9.80. The van der Waals surface area contributed by atoms with Crippen LogP contribution in [-0.2, 0) is 4.74 Å². The molecule has 1 fully saturated rings. The number of Topliss-reactive ketones (excluding diaryl/α,β-unsaturated/α-hetero) is 1. The first-order valence-electron chi connectivity index (χ1n) is 7.92. The van der Waals surface area contributed by atoms with Crippen LogP contribution < -0.4 is 4.74 Å². The predicted octanol–water partition coefficient (Wildman–Crippen LogP) is 4.11. The summed E-state index contributed by atoms with van der Waals surface area (Å²) in [6.07, 6.45) is 3.91. The first kappa shape index (κ1) is 16.0. The van der Waals surface area contributed by atoms with Crippen molar-refractivity contribution in [3.63, 3.8) is 0 Å². The third-order valence-electron chi connectivity index (χ3n) is 4.51. The number of carbonyl (C=O) groups excluding carboxylic acids is 1. The second-order valence-electron chi connectivity index (χ2n) is 6.16. The monoisotopic (exact) mass is 290 g/mol. The number of rotatable bonds is 6. The Kier molecular flexibility index (Phi) is 5.80. The lowest BCUT2D eigenvalue weighted by Crippen LogP contribution is -2.28. The van der Waals surface area contributed by atoms with Gasteiger partial charge >= 0.3 is 0 Å². The van der Waals surface area contributed by atoms with Gasteiger partial charge in [-0.25, -0.2) is 0 Å². The molecule has 1 aromatic carbocycles. The normalized spacial score (nSPS) is 25.6. The molecule has 116 valence electrons. The van der Waals surface area contributed by atoms with E-state index >= 15 is 0 Å². The van der Waals surface area contributed by atoms with E-state index in [1.165, 1.54) is 6.42 Å². The Labute approximate surface area is 127 Å². The molecule has 0 radical (unpaired) electrons. The zero-order valence-corrected chi connectivity index (χ0v) is 13.3. The van der Waals surface area contributed by atoms with Gasteiger partial charge in [0.1, 0.15) is 12.4 Å². The molecule has 3 unspecified atom stereocenters. The molecular formula is C18H26O3. The van der Waals surface area contributed by atoms with E-state index in [-0.39, 0.29) is 5.78 Å². The third-order valence-corrected chi connectivity index (χ3v) is 4.51. The topological polar surface area (TPSA) is 35.5 Å². The fourth-order valence-electron chi connectivity index (χ4n) is 2.90. The van der Waals surface area contributed by atoms with Gasteiger partial charge in [-0.1, -0.05) is 26.0 Å². The van der Waals surface area contributed by atoms with Crippen LogP contribution in [0.5, 0.6) is 5.75 Å². The Morgan fingerprint density at radius 1 is 1.14 bits per heavy atom. The quantitative estimate of drug-likeness (QED) is 0.584. The minimum atomic E-state index is 0.0293. The number of para-hydroxylation sites is 1. The Balaban J connectivity index is 1.74. The number of ketones is 1. The summed E-state index contributed by atoms with van der Waals surface area (Å²) in [5.41, 5.74) is 0.637. The summed E-state index contributed by atoms with van der Waals surface area (Å²) in [6.45, 7) is 7.26. The molecule has 3 heteroatoms. The van der Waals surface area contributed by atoms with E-state index in [9.17, 15) is 4.79 Å². The van der Waals surface area contributed by atoms with Gasteiger partial charge in [-0.3, -0.25) is 4.79 Å². The van der Waals surface area contributed by atoms with Crippen molar-refractivity contribution in [3.05, 3.63) is 29.8 Å². The molecule has 0 spiro atoms. The molecular weight excluding hydrogens is 264 g/mol. The lowest BCUT2D eigenvalue weighted by Gasteiger charge is -2.31. The van der Waals surface area contributed by atoms with Gasteiger partial charge in [-0.15, -0.1) is 0 Å². The van der Waals surface area contributed by atoms with Crippen molar-refractivity contribution in [1.29, 1.82) is 0 Å². The van der Waals surface area contributed by atoms with E-state index in [2.05, 4.69) is 13.8 Å². The zero-order chi connectivity index (χ0) is 15.2. The first-order valence-corrected chi connectivity index (χ1v) is 7.92. The van der Waals surface area contributed by atoms with Crippen LogP contribution in [-0.4, -0.2) is 25.1 Å². The Bertz CT molecular complexity index is 469. The second kappa shape index (κ2) is 7.60.